The van der Waals surface area contributed by atoms with E-state index in [-0.39, 0.29) is 5.78 Å². The normalized spacial score (nSPS) is 21.3. The summed E-state index contributed by atoms with van der Waals surface area (Å²) in [5, 5.41) is 0.968. The number of carbonyl (C=O) groups is 1. The van der Waals surface area contributed by atoms with Crippen LogP contribution in [0, 0.1) is 5.92 Å². The van der Waals surface area contributed by atoms with Crippen molar-refractivity contribution >= 4 is 29.0 Å². The van der Waals surface area contributed by atoms with E-state index in [1.165, 1.54) is 6.20 Å². The van der Waals surface area contributed by atoms with Crippen molar-refractivity contribution in [3.8, 4) is 11.6 Å². The second-order valence-corrected chi connectivity index (χ2v) is 7.15. The summed E-state index contributed by atoms with van der Waals surface area (Å²) in [6.07, 6.45) is 1.48. The van der Waals surface area contributed by atoms with Crippen LogP contribution >= 0.6 is 23.2 Å². The van der Waals surface area contributed by atoms with Gasteiger partial charge in [-0.3, -0.25) is 4.79 Å². The fourth-order valence-corrected chi connectivity index (χ4v) is 3.45. The number of rotatable bonds is 3. The van der Waals surface area contributed by atoms with Crippen molar-refractivity contribution < 1.29 is 14.3 Å². The van der Waals surface area contributed by atoms with Gasteiger partial charge >= 0.3 is 0 Å². The monoisotopic (exact) mass is 399 g/mol. The van der Waals surface area contributed by atoms with Crippen LogP contribution in [0.5, 0.6) is 11.6 Å². The van der Waals surface area contributed by atoms with Gasteiger partial charge in [-0.25, -0.2) is 4.98 Å². The third-order valence-electron chi connectivity index (χ3n) is 4.56. The topological polar surface area (TPSA) is 48.4 Å². The number of fused-ring (bicyclic) bond motifs is 1. The van der Waals surface area contributed by atoms with Gasteiger partial charge in [0, 0.05) is 22.8 Å². The molecule has 136 valence electrons. The number of ether oxygens (including phenoxy) is 2. The van der Waals surface area contributed by atoms with Gasteiger partial charge in [0.2, 0.25) is 5.88 Å². The summed E-state index contributed by atoms with van der Waals surface area (Å²) >= 11 is 12.0. The molecule has 0 amide bonds. The van der Waals surface area contributed by atoms with Crippen LogP contribution in [0.4, 0.5) is 0 Å². The van der Waals surface area contributed by atoms with Crippen LogP contribution in [0.15, 0.2) is 66.9 Å². The van der Waals surface area contributed by atoms with E-state index in [1.54, 1.807) is 37.3 Å². The molecule has 4 rings (SSSR count). The van der Waals surface area contributed by atoms with Gasteiger partial charge in [-0.2, -0.15) is 0 Å². The first-order valence-corrected chi connectivity index (χ1v) is 9.14. The second kappa shape index (κ2) is 6.87. The Hall–Kier alpha value is -2.56. The molecule has 27 heavy (non-hydrogen) atoms. The van der Waals surface area contributed by atoms with E-state index in [1.807, 2.05) is 30.3 Å². The number of halogens is 2. The standard InChI is InChI=1S/C21H15Cl2NO3/c1-13-20(25)17-11-15(22)7-9-18(17)26-21(13,14-5-3-2-4-6-14)27-19-10-8-16(23)12-24-19/h2-13H,1H3. The van der Waals surface area contributed by atoms with Crippen molar-refractivity contribution in [3.05, 3.63) is 88.0 Å². The summed E-state index contributed by atoms with van der Waals surface area (Å²) in [5.41, 5.74) is 1.15. The SMILES string of the molecule is CC1C(=O)c2cc(Cl)ccc2OC1(Oc1ccc(Cl)cn1)c1ccccc1. The molecule has 6 heteroatoms. The number of pyridine rings is 1. The lowest BCUT2D eigenvalue weighted by Gasteiger charge is -2.41. The van der Waals surface area contributed by atoms with Crippen molar-refractivity contribution in [2.45, 2.75) is 12.7 Å². The zero-order valence-corrected chi connectivity index (χ0v) is 15.9. The first kappa shape index (κ1) is 17.8. The molecule has 2 unspecified atom stereocenters. The molecule has 0 bridgehead atoms. The average molecular weight is 400 g/mol. The lowest BCUT2D eigenvalue weighted by Crippen LogP contribution is -2.51. The number of nitrogens with zero attached hydrogens (tertiary/aromatic N) is 1. The Balaban J connectivity index is 1.87. The molecule has 2 aromatic carbocycles. The third-order valence-corrected chi connectivity index (χ3v) is 5.02. The Morgan fingerprint density at radius 2 is 1.78 bits per heavy atom. The van der Waals surface area contributed by atoms with Gasteiger partial charge in [-0.05, 0) is 31.2 Å². The Morgan fingerprint density at radius 3 is 2.48 bits per heavy atom. The molecule has 2 heterocycles. The Morgan fingerprint density at radius 1 is 1.04 bits per heavy atom. The number of carbonyl (C=O) groups excluding carboxylic acids is 1. The molecule has 1 aromatic heterocycles. The summed E-state index contributed by atoms with van der Waals surface area (Å²) in [4.78, 5) is 17.3. The maximum absolute atomic E-state index is 13.1. The van der Waals surface area contributed by atoms with Crippen LogP contribution in [0.1, 0.15) is 22.8 Å². The van der Waals surface area contributed by atoms with Gasteiger partial charge in [0.1, 0.15) is 11.7 Å². The molecule has 0 spiro atoms. The van der Waals surface area contributed by atoms with Gasteiger partial charge < -0.3 is 9.47 Å². The van der Waals surface area contributed by atoms with Crippen molar-refractivity contribution in [1.29, 1.82) is 0 Å². The van der Waals surface area contributed by atoms with Gasteiger partial charge in [-0.15, -0.1) is 0 Å². The van der Waals surface area contributed by atoms with E-state index in [9.17, 15) is 4.79 Å². The Kier molecular flexibility index (Phi) is 4.54. The molecule has 0 fully saturated rings. The van der Waals surface area contributed by atoms with Crippen LogP contribution in [0.2, 0.25) is 10.0 Å². The summed E-state index contributed by atoms with van der Waals surface area (Å²) in [6.45, 7) is 1.77. The van der Waals surface area contributed by atoms with Crippen molar-refractivity contribution in [2.75, 3.05) is 0 Å². The van der Waals surface area contributed by atoms with Gasteiger partial charge in [0.15, 0.2) is 5.78 Å². The highest BCUT2D eigenvalue weighted by molar-refractivity contribution is 6.31. The number of benzene rings is 2. The fraction of sp³-hybridized carbons (Fsp3) is 0.143. The molecule has 0 aliphatic carbocycles. The van der Waals surface area contributed by atoms with Crippen molar-refractivity contribution in [3.63, 3.8) is 0 Å². The van der Waals surface area contributed by atoms with Gasteiger partial charge in [0.25, 0.3) is 5.79 Å². The second-order valence-electron chi connectivity index (χ2n) is 6.28. The number of aromatic nitrogens is 1. The molecule has 0 radical (unpaired) electrons. The molecular formula is C21H15Cl2NO3. The predicted octanol–water partition coefficient (Wildman–Crippen LogP) is 5.53. The highest BCUT2D eigenvalue weighted by Gasteiger charge is 2.51. The molecular weight excluding hydrogens is 385 g/mol. The molecule has 2 atom stereocenters. The van der Waals surface area contributed by atoms with Gasteiger partial charge in [0.05, 0.1) is 10.6 Å². The maximum Gasteiger partial charge on any atom is 0.289 e. The van der Waals surface area contributed by atoms with Crippen molar-refractivity contribution in [2.24, 2.45) is 5.92 Å². The Bertz CT molecular complexity index is 992. The van der Waals surface area contributed by atoms with Crippen LogP contribution in [-0.2, 0) is 5.79 Å². The first-order valence-electron chi connectivity index (χ1n) is 8.38. The molecule has 0 saturated heterocycles. The zero-order chi connectivity index (χ0) is 19.0. The minimum Gasteiger partial charge on any atom is -0.447 e. The summed E-state index contributed by atoms with van der Waals surface area (Å²) < 4.78 is 12.5. The molecule has 1 aliphatic heterocycles. The average Bonchev–Trinajstić information content (AvgIpc) is 2.69. The van der Waals surface area contributed by atoms with E-state index in [0.29, 0.717) is 32.8 Å². The van der Waals surface area contributed by atoms with E-state index < -0.39 is 11.7 Å². The number of hydrogen-bond acceptors (Lipinski definition) is 4. The summed E-state index contributed by atoms with van der Waals surface area (Å²) in [6, 6.07) is 17.6. The lowest BCUT2D eigenvalue weighted by molar-refractivity contribution is -0.156. The third kappa shape index (κ3) is 3.15. The molecule has 4 nitrogen and oxygen atoms in total. The number of hydrogen-bond donors (Lipinski definition) is 0. The highest BCUT2D eigenvalue weighted by atomic mass is 35.5. The zero-order valence-electron chi connectivity index (χ0n) is 14.4. The number of Topliss-reactive ketones (excluding diaryl/α,β-unsaturated/α-hetero) is 1. The lowest BCUT2D eigenvalue weighted by atomic mass is 9.84. The largest absolute Gasteiger partial charge is 0.447 e. The van der Waals surface area contributed by atoms with Crippen molar-refractivity contribution in [1.82, 2.24) is 4.98 Å². The van der Waals surface area contributed by atoms with E-state index in [2.05, 4.69) is 4.98 Å². The molecule has 0 saturated carbocycles. The summed E-state index contributed by atoms with van der Waals surface area (Å²) in [7, 11) is 0. The highest BCUT2D eigenvalue weighted by Crippen LogP contribution is 2.44. The van der Waals surface area contributed by atoms with Crippen LogP contribution in [-0.4, -0.2) is 10.8 Å². The molecule has 0 N–H and O–H groups in total. The number of ketones is 1. The minimum atomic E-state index is -1.36. The predicted molar refractivity (Wildman–Crippen MR) is 104 cm³/mol. The fourth-order valence-electron chi connectivity index (χ4n) is 3.17. The molecule has 3 aromatic rings. The van der Waals surface area contributed by atoms with Gasteiger partial charge in [-0.1, -0.05) is 53.5 Å². The summed E-state index contributed by atoms with van der Waals surface area (Å²) in [5.74, 6) is -1.39. The van der Waals surface area contributed by atoms with E-state index in [0.717, 1.165) is 0 Å². The van der Waals surface area contributed by atoms with Crippen LogP contribution in [0.3, 0.4) is 0 Å². The van der Waals surface area contributed by atoms with Crippen LogP contribution in [0.25, 0.3) is 0 Å². The quantitative estimate of drug-likeness (QED) is 0.580. The first-order chi connectivity index (χ1) is 13.0. The Labute approximate surface area is 166 Å². The minimum absolute atomic E-state index is 0.114. The van der Waals surface area contributed by atoms with E-state index in [4.69, 9.17) is 32.7 Å². The maximum atomic E-state index is 13.1. The van der Waals surface area contributed by atoms with E-state index >= 15 is 0 Å². The van der Waals surface area contributed by atoms with Crippen LogP contribution < -0.4 is 9.47 Å². The molecule has 1 aliphatic rings. The smallest absolute Gasteiger partial charge is 0.289 e.